The number of hydrogen-bond acceptors (Lipinski definition) is 6. The van der Waals surface area contributed by atoms with Crippen molar-refractivity contribution in [3.8, 4) is 22.8 Å². The highest BCUT2D eigenvalue weighted by atomic mass is 19.4. The van der Waals surface area contributed by atoms with Gasteiger partial charge in [0.25, 0.3) is 0 Å². The summed E-state index contributed by atoms with van der Waals surface area (Å²) in [5.41, 5.74) is 1.02. The van der Waals surface area contributed by atoms with Crippen LogP contribution in [0.3, 0.4) is 0 Å². The molecule has 1 aliphatic rings. The van der Waals surface area contributed by atoms with E-state index in [0.29, 0.717) is 23.1 Å². The van der Waals surface area contributed by atoms with E-state index in [-0.39, 0.29) is 11.3 Å². The van der Waals surface area contributed by atoms with Gasteiger partial charge in [0, 0.05) is 12.1 Å². The highest BCUT2D eigenvalue weighted by Crippen LogP contribution is 2.34. The van der Waals surface area contributed by atoms with Gasteiger partial charge in [-0.1, -0.05) is 20.8 Å². The van der Waals surface area contributed by atoms with Crippen LogP contribution in [0.25, 0.3) is 16.9 Å². The lowest BCUT2D eigenvalue weighted by atomic mass is 9.97. The zero-order valence-electron chi connectivity index (χ0n) is 19.1. The number of phenolic OH excluding ortho intramolecular Hbond substituents is 1. The number of phenols is 1. The van der Waals surface area contributed by atoms with E-state index in [1.54, 1.807) is 6.07 Å². The topological polar surface area (TPSA) is 74.9 Å². The number of alkyl halides is 3. The molecular formula is C23H30F3N5O2. The highest BCUT2D eigenvalue weighted by Gasteiger charge is 2.31. The maximum Gasteiger partial charge on any atom is 0.573 e. The first-order valence-corrected chi connectivity index (χ1v) is 11.2. The zero-order valence-corrected chi connectivity index (χ0v) is 19.1. The van der Waals surface area contributed by atoms with Crippen LogP contribution in [0.2, 0.25) is 0 Å². The first-order valence-electron chi connectivity index (χ1n) is 11.2. The van der Waals surface area contributed by atoms with Gasteiger partial charge in [-0.15, -0.1) is 18.3 Å². The number of nitrogens with one attached hydrogen (secondary N) is 1. The Labute approximate surface area is 191 Å². The van der Waals surface area contributed by atoms with E-state index in [1.807, 2.05) is 19.9 Å². The number of hydrogen-bond donors (Lipinski definition) is 2. The van der Waals surface area contributed by atoms with E-state index in [9.17, 15) is 18.3 Å². The predicted octanol–water partition coefficient (Wildman–Crippen LogP) is 5.17. The molecule has 0 radical (unpaired) electrons. The molecular weight excluding hydrogens is 435 g/mol. The number of aromatic nitrogens is 3. The molecule has 1 saturated heterocycles. The molecule has 3 heterocycles. The Bertz CT molecular complexity index is 1050. The van der Waals surface area contributed by atoms with E-state index in [0.717, 1.165) is 57.2 Å². The van der Waals surface area contributed by atoms with Gasteiger partial charge in [-0.3, -0.25) is 0 Å². The second-order valence-electron chi connectivity index (χ2n) is 7.62. The molecule has 1 aliphatic heterocycles. The Morgan fingerprint density at radius 3 is 2.55 bits per heavy atom. The van der Waals surface area contributed by atoms with Gasteiger partial charge in [0.2, 0.25) is 0 Å². The Balaban J connectivity index is 0.00000149. The molecule has 7 nitrogen and oxygen atoms in total. The quantitative estimate of drug-likeness (QED) is 0.523. The molecule has 1 aromatic carbocycles. The van der Waals surface area contributed by atoms with Crippen LogP contribution in [0.1, 0.15) is 33.6 Å². The second-order valence-corrected chi connectivity index (χ2v) is 7.62. The lowest BCUT2D eigenvalue weighted by molar-refractivity contribution is -0.274. The Hall–Kier alpha value is -3.01. The number of likely N-dealkylation sites (tertiary alicyclic amines) is 1. The lowest BCUT2D eigenvalue weighted by Gasteiger charge is -2.31. The second kappa shape index (κ2) is 10.7. The van der Waals surface area contributed by atoms with Crippen molar-refractivity contribution in [2.75, 3.05) is 31.5 Å². The molecule has 4 rings (SSSR count). The molecule has 2 aromatic heterocycles. The molecule has 3 aromatic rings. The molecule has 0 atom stereocenters. The average molecular weight is 466 g/mol. The lowest BCUT2D eigenvalue weighted by Crippen LogP contribution is -2.35. The van der Waals surface area contributed by atoms with Crippen LogP contribution in [0.15, 0.2) is 36.5 Å². The van der Waals surface area contributed by atoms with E-state index >= 15 is 0 Å². The first kappa shape index (κ1) is 24.6. The van der Waals surface area contributed by atoms with Crippen LogP contribution < -0.4 is 10.1 Å². The van der Waals surface area contributed by atoms with Crippen LogP contribution in [-0.4, -0.2) is 57.1 Å². The molecule has 33 heavy (non-hydrogen) atoms. The Morgan fingerprint density at radius 1 is 1.15 bits per heavy atom. The van der Waals surface area contributed by atoms with Crippen molar-refractivity contribution in [2.45, 2.75) is 40.0 Å². The maximum absolute atomic E-state index is 12.6. The Kier molecular flexibility index (Phi) is 8.01. The minimum atomic E-state index is -4.82. The summed E-state index contributed by atoms with van der Waals surface area (Å²) >= 11 is 0. The molecule has 0 spiro atoms. The summed E-state index contributed by atoms with van der Waals surface area (Å²) in [6.45, 7) is 10.2. The number of halogens is 3. The van der Waals surface area contributed by atoms with Crippen molar-refractivity contribution < 1.29 is 23.0 Å². The van der Waals surface area contributed by atoms with Crippen LogP contribution in [0.5, 0.6) is 11.5 Å². The van der Waals surface area contributed by atoms with E-state index in [1.165, 1.54) is 10.7 Å². The van der Waals surface area contributed by atoms with Crippen molar-refractivity contribution in [2.24, 2.45) is 5.92 Å². The minimum absolute atomic E-state index is 0.144. The molecule has 1 fully saturated rings. The van der Waals surface area contributed by atoms with Gasteiger partial charge in [0.1, 0.15) is 17.3 Å². The maximum atomic E-state index is 12.6. The number of fused-ring (bicyclic) bond motifs is 1. The van der Waals surface area contributed by atoms with E-state index in [4.69, 9.17) is 0 Å². The summed E-state index contributed by atoms with van der Waals surface area (Å²) < 4.78 is 43.2. The number of aromatic hydroxyl groups is 1. The average Bonchev–Trinajstić information content (AvgIpc) is 3.23. The predicted molar refractivity (Wildman–Crippen MR) is 121 cm³/mol. The fraction of sp³-hybridized carbons (Fsp3) is 0.478. The Morgan fingerprint density at radius 2 is 1.88 bits per heavy atom. The van der Waals surface area contributed by atoms with Gasteiger partial charge in [-0.2, -0.15) is 0 Å². The molecule has 10 heteroatoms. The van der Waals surface area contributed by atoms with Crippen LogP contribution in [0, 0.1) is 5.92 Å². The molecule has 0 aliphatic carbocycles. The molecule has 0 saturated carbocycles. The summed E-state index contributed by atoms with van der Waals surface area (Å²) in [6, 6.07) is 6.91. The van der Waals surface area contributed by atoms with Gasteiger partial charge >= 0.3 is 6.36 Å². The van der Waals surface area contributed by atoms with Crippen LogP contribution >= 0.6 is 0 Å². The smallest absolute Gasteiger partial charge is 0.507 e. The normalized spacial score (nSPS) is 15.2. The number of nitrogens with zero attached hydrogens (tertiary/aromatic N) is 4. The van der Waals surface area contributed by atoms with E-state index in [2.05, 4.69) is 32.0 Å². The zero-order chi connectivity index (χ0) is 24.0. The van der Waals surface area contributed by atoms with E-state index < -0.39 is 12.1 Å². The third-order valence-corrected chi connectivity index (χ3v) is 5.57. The van der Waals surface area contributed by atoms with Crippen molar-refractivity contribution in [1.82, 2.24) is 19.5 Å². The van der Waals surface area contributed by atoms with Crippen molar-refractivity contribution in [1.29, 1.82) is 0 Å². The third-order valence-electron chi connectivity index (χ3n) is 5.57. The summed E-state index contributed by atoms with van der Waals surface area (Å²) in [5, 5.41) is 18.1. The van der Waals surface area contributed by atoms with Crippen molar-refractivity contribution in [3.05, 3.63) is 36.5 Å². The largest absolute Gasteiger partial charge is 0.573 e. The number of imidazole rings is 1. The number of piperidine rings is 1. The molecule has 2 N–H and O–H groups in total. The van der Waals surface area contributed by atoms with Gasteiger partial charge in [0.15, 0.2) is 5.65 Å². The SMILES string of the molecule is CC.CCN1CCC(CNc2ccc3ncc(-c4cc(OC(F)(F)F)ccc4O)n3n2)CC1. The monoisotopic (exact) mass is 465 g/mol. The molecule has 0 amide bonds. The molecule has 180 valence electrons. The highest BCUT2D eigenvalue weighted by molar-refractivity contribution is 5.71. The first-order chi connectivity index (χ1) is 15.8. The fourth-order valence-electron chi connectivity index (χ4n) is 3.82. The minimum Gasteiger partial charge on any atom is -0.507 e. The third kappa shape index (κ3) is 6.28. The van der Waals surface area contributed by atoms with Crippen LogP contribution in [0.4, 0.5) is 19.0 Å². The summed E-state index contributed by atoms with van der Waals surface area (Å²) in [6.07, 6.45) is -1.12. The number of ether oxygens (including phenoxy) is 1. The summed E-state index contributed by atoms with van der Waals surface area (Å²) in [7, 11) is 0. The number of rotatable bonds is 6. The van der Waals surface area contributed by atoms with Gasteiger partial charge in [-0.05, 0) is 68.7 Å². The molecule has 0 bridgehead atoms. The summed E-state index contributed by atoms with van der Waals surface area (Å²) in [5.74, 6) is 0.566. The number of benzene rings is 1. The van der Waals surface area contributed by atoms with Crippen LogP contribution in [-0.2, 0) is 0 Å². The molecule has 0 unspecified atom stereocenters. The van der Waals surface area contributed by atoms with Gasteiger partial charge in [-0.25, -0.2) is 9.50 Å². The fourth-order valence-corrected chi connectivity index (χ4v) is 3.82. The van der Waals surface area contributed by atoms with Crippen molar-refractivity contribution >= 4 is 11.5 Å². The van der Waals surface area contributed by atoms with Gasteiger partial charge < -0.3 is 20.1 Å². The van der Waals surface area contributed by atoms with Gasteiger partial charge in [0.05, 0.1) is 11.9 Å². The standard InChI is InChI=1S/C21H24F3N5O2.C2H6/c1-2-28-9-7-14(8-10-28)12-25-19-5-6-20-26-13-17(29(20)27-19)16-11-15(3-4-18(16)30)31-21(22,23)24;1-2/h3-6,11,13-14,30H,2,7-10,12H2,1H3,(H,25,27);1-2H3. The van der Waals surface area contributed by atoms with Crippen molar-refractivity contribution in [3.63, 3.8) is 0 Å². The number of anilines is 1. The summed E-state index contributed by atoms with van der Waals surface area (Å²) in [4.78, 5) is 6.67.